The Hall–Kier alpha value is -2.77. The van der Waals surface area contributed by atoms with Crippen molar-refractivity contribution in [3.05, 3.63) is 63.8 Å². The van der Waals surface area contributed by atoms with Gasteiger partial charge >= 0.3 is 5.97 Å². The number of nitrogens with zero attached hydrogens (tertiary/aromatic N) is 3. The summed E-state index contributed by atoms with van der Waals surface area (Å²) in [6.07, 6.45) is 5.27. The van der Waals surface area contributed by atoms with Gasteiger partial charge in [-0.05, 0) is 69.3 Å². The average Bonchev–Trinajstić information content (AvgIpc) is 3.39. The number of benzene rings is 1. The van der Waals surface area contributed by atoms with Crippen molar-refractivity contribution in [1.29, 1.82) is 0 Å². The first-order chi connectivity index (χ1) is 15.9. The van der Waals surface area contributed by atoms with E-state index in [1.807, 2.05) is 17.7 Å². The van der Waals surface area contributed by atoms with Crippen LogP contribution in [0.5, 0.6) is 0 Å². The average molecular weight is 464 g/mol. The summed E-state index contributed by atoms with van der Waals surface area (Å²) in [5, 5.41) is 14.4. The Morgan fingerprint density at radius 3 is 2.52 bits per heavy atom. The number of carboxylic acids is 1. The van der Waals surface area contributed by atoms with Crippen molar-refractivity contribution in [2.45, 2.75) is 52.1 Å². The lowest BCUT2D eigenvalue weighted by atomic mass is 9.81. The number of carbonyl (C=O) groups is 2. The fourth-order valence-corrected chi connectivity index (χ4v) is 6.27. The van der Waals surface area contributed by atoms with Gasteiger partial charge in [-0.15, -0.1) is 11.3 Å². The number of aromatic nitrogens is 2. The Bertz CT molecular complexity index is 1190. The first kappa shape index (κ1) is 22.0. The van der Waals surface area contributed by atoms with E-state index in [0.29, 0.717) is 18.0 Å². The van der Waals surface area contributed by atoms with Crippen LogP contribution in [0.1, 0.15) is 51.3 Å². The zero-order valence-corrected chi connectivity index (χ0v) is 19.9. The maximum Gasteiger partial charge on any atom is 0.346 e. The number of aromatic carboxylic acids is 1. The molecule has 6 rings (SSSR count). The quantitative estimate of drug-likeness (QED) is 0.556. The summed E-state index contributed by atoms with van der Waals surface area (Å²) < 4.78 is 1.94. The zero-order chi connectivity index (χ0) is 23.1. The lowest BCUT2D eigenvalue weighted by molar-refractivity contribution is -0.127. The second kappa shape index (κ2) is 8.88. The van der Waals surface area contributed by atoms with Crippen LogP contribution >= 0.6 is 11.3 Å². The minimum Gasteiger partial charge on any atom is -0.477 e. The summed E-state index contributed by atoms with van der Waals surface area (Å²) in [6, 6.07) is 10.2. The number of piperidine rings is 3. The van der Waals surface area contributed by atoms with Crippen molar-refractivity contribution in [2.24, 2.45) is 5.92 Å². The number of Topliss-reactive ketones (excluding diaryl/α,β-unsaturated/α-hetero) is 1. The molecule has 0 aliphatic carbocycles. The standard InChI is InChI=1S/C26H29N3O3S/c1-16-3-5-19(6-4-16)15-29-17(2)21(14-27-29)24-13-20(25(33-24)26(31)32)12-23(30)22-11-18-7-9-28(22)10-8-18/h3-6,13-14,18,22H,7-12,15H2,1-2H3,(H,31,32). The molecule has 6 nitrogen and oxygen atoms in total. The smallest absolute Gasteiger partial charge is 0.346 e. The molecule has 0 radical (unpaired) electrons. The minimum atomic E-state index is -0.968. The number of carbonyl (C=O) groups excluding carboxylic acids is 1. The molecule has 3 aromatic rings. The van der Waals surface area contributed by atoms with Crippen molar-refractivity contribution < 1.29 is 14.7 Å². The van der Waals surface area contributed by atoms with Crippen molar-refractivity contribution >= 4 is 23.1 Å². The third-order valence-corrected chi connectivity index (χ3v) is 8.41. The van der Waals surface area contributed by atoms with Crippen LogP contribution in [-0.4, -0.2) is 50.7 Å². The third kappa shape index (κ3) is 4.39. The largest absolute Gasteiger partial charge is 0.477 e. The van der Waals surface area contributed by atoms with Crippen molar-refractivity contribution in [2.75, 3.05) is 13.1 Å². The van der Waals surface area contributed by atoms with Crippen LogP contribution in [0.25, 0.3) is 10.4 Å². The predicted molar refractivity (Wildman–Crippen MR) is 129 cm³/mol. The molecule has 5 heterocycles. The lowest BCUT2D eigenvalue weighted by Crippen LogP contribution is -2.52. The highest BCUT2D eigenvalue weighted by Gasteiger charge is 2.37. The van der Waals surface area contributed by atoms with E-state index in [1.165, 1.54) is 35.3 Å². The van der Waals surface area contributed by atoms with Gasteiger partial charge in [0.05, 0.1) is 18.8 Å². The molecule has 2 bridgehead atoms. The Morgan fingerprint density at radius 2 is 1.88 bits per heavy atom. The maximum absolute atomic E-state index is 13.1. The molecule has 2 aromatic heterocycles. The van der Waals surface area contributed by atoms with Gasteiger partial charge in [-0.3, -0.25) is 14.4 Å². The molecule has 7 heteroatoms. The van der Waals surface area contributed by atoms with E-state index in [2.05, 4.69) is 41.2 Å². The van der Waals surface area contributed by atoms with E-state index in [4.69, 9.17) is 0 Å². The molecule has 1 N–H and O–H groups in total. The predicted octanol–water partition coefficient (Wildman–Crippen LogP) is 4.57. The van der Waals surface area contributed by atoms with Crippen LogP contribution in [0.3, 0.4) is 0 Å². The highest BCUT2D eigenvalue weighted by atomic mass is 32.1. The van der Waals surface area contributed by atoms with Crippen LogP contribution < -0.4 is 0 Å². The molecule has 1 aromatic carbocycles. The molecule has 3 aliphatic rings. The normalized spacial score (nSPS) is 21.9. The van der Waals surface area contributed by atoms with Gasteiger partial charge in [-0.1, -0.05) is 29.8 Å². The van der Waals surface area contributed by atoms with E-state index in [-0.39, 0.29) is 23.1 Å². The highest BCUT2D eigenvalue weighted by Crippen LogP contribution is 2.36. The van der Waals surface area contributed by atoms with Crippen LogP contribution in [0.2, 0.25) is 0 Å². The van der Waals surface area contributed by atoms with Crippen molar-refractivity contribution in [1.82, 2.24) is 14.7 Å². The van der Waals surface area contributed by atoms with Gasteiger partial charge in [0.15, 0.2) is 5.78 Å². The molecular formula is C26H29N3O3S. The number of aryl methyl sites for hydroxylation is 1. The first-order valence-electron chi connectivity index (χ1n) is 11.6. The SMILES string of the molecule is Cc1ccc(Cn2ncc(-c3cc(CC(=O)C4CC5CCN4CC5)c(C(=O)O)s3)c2C)cc1. The number of fused-ring (bicyclic) bond motifs is 3. The molecular weight excluding hydrogens is 434 g/mol. The van der Waals surface area contributed by atoms with Gasteiger partial charge in [-0.25, -0.2) is 4.79 Å². The molecule has 0 amide bonds. The minimum absolute atomic E-state index is 0.0542. The molecule has 1 unspecified atom stereocenters. The molecule has 3 aliphatic heterocycles. The summed E-state index contributed by atoms with van der Waals surface area (Å²) in [7, 11) is 0. The van der Waals surface area contributed by atoms with E-state index >= 15 is 0 Å². The fraction of sp³-hybridized carbons (Fsp3) is 0.423. The second-order valence-corrected chi connectivity index (χ2v) is 10.5. The molecule has 1 atom stereocenters. The number of hydrogen-bond acceptors (Lipinski definition) is 5. The molecule has 3 saturated heterocycles. The molecule has 0 saturated carbocycles. The number of hydrogen-bond donors (Lipinski definition) is 1. The Labute approximate surface area is 197 Å². The van der Waals surface area contributed by atoms with Crippen LogP contribution in [0.4, 0.5) is 0 Å². The summed E-state index contributed by atoms with van der Waals surface area (Å²) in [5.74, 6) is -0.176. The highest BCUT2D eigenvalue weighted by molar-refractivity contribution is 7.17. The van der Waals surface area contributed by atoms with Crippen LogP contribution in [0.15, 0.2) is 36.5 Å². The number of rotatable bonds is 7. The zero-order valence-electron chi connectivity index (χ0n) is 19.1. The maximum atomic E-state index is 13.1. The van der Waals surface area contributed by atoms with E-state index in [1.54, 1.807) is 6.20 Å². The van der Waals surface area contributed by atoms with E-state index in [0.717, 1.165) is 35.6 Å². The van der Waals surface area contributed by atoms with Gasteiger partial charge in [-0.2, -0.15) is 5.10 Å². The summed E-state index contributed by atoms with van der Waals surface area (Å²) >= 11 is 1.24. The second-order valence-electron chi connectivity index (χ2n) is 9.43. The van der Waals surface area contributed by atoms with Crippen LogP contribution in [-0.2, 0) is 17.8 Å². The van der Waals surface area contributed by atoms with E-state index < -0.39 is 5.97 Å². The van der Waals surface area contributed by atoms with Gasteiger partial charge in [0.2, 0.25) is 0 Å². The first-order valence-corrected chi connectivity index (χ1v) is 12.4. The summed E-state index contributed by atoms with van der Waals surface area (Å²) in [4.78, 5) is 28.5. The summed E-state index contributed by atoms with van der Waals surface area (Å²) in [5.41, 5.74) is 4.92. The summed E-state index contributed by atoms with van der Waals surface area (Å²) in [6.45, 7) is 6.71. The lowest BCUT2D eigenvalue weighted by Gasteiger charge is -2.44. The van der Waals surface area contributed by atoms with Crippen molar-refractivity contribution in [3.8, 4) is 10.4 Å². The van der Waals surface area contributed by atoms with Gasteiger partial charge in [0, 0.05) is 22.6 Å². The number of thiophene rings is 1. The molecule has 0 spiro atoms. The molecule has 3 fully saturated rings. The van der Waals surface area contributed by atoms with Crippen LogP contribution in [0, 0.1) is 19.8 Å². The van der Waals surface area contributed by atoms with E-state index in [9.17, 15) is 14.7 Å². The van der Waals surface area contributed by atoms with Gasteiger partial charge in [0.25, 0.3) is 0 Å². The van der Waals surface area contributed by atoms with Crippen molar-refractivity contribution in [3.63, 3.8) is 0 Å². The molecule has 172 valence electrons. The fourth-order valence-electron chi connectivity index (χ4n) is 5.19. The Balaban J connectivity index is 1.38. The third-order valence-electron chi connectivity index (χ3n) is 7.21. The Kier molecular flexibility index (Phi) is 5.93. The monoisotopic (exact) mass is 463 g/mol. The topological polar surface area (TPSA) is 75.4 Å². The number of carboxylic acid groups (broad SMARTS) is 1. The van der Waals surface area contributed by atoms with Gasteiger partial charge in [0.1, 0.15) is 4.88 Å². The van der Waals surface area contributed by atoms with Gasteiger partial charge < -0.3 is 5.11 Å². The molecule has 33 heavy (non-hydrogen) atoms. The Morgan fingerprint density at radius 1 is 1.15 bits per heavy atom. The number of ketones is 1.